The van der Waals surface area contributed by atoms with Crippen molar-refractivity contribution in [1.29, 1.82) is 0 Å². The van der Waals surface area contributed by atoms with Gasteiger partial charge in [-0.2, -0.15) is 0 Å². The van der Waals surface area contributed by atoms with E-state index >= 15 is 0 Å². The van der Waals surface area contributed by atoms with Gasteiger partial charge in [0.25, 0.3) is 0 Å². The predicted octanol–water partition coefficient (Wildman–Crippen LogP) is 3.76. The number of sulfonamides is 1. The molecule has 0 radical (unpaired) electrons. The summed E-state index contributed by atoms with van der Waals surface area (Å²) in [6, 6.07) is 22.4. The largest absolute Gasteiger partial charge is 0.354 e. The van der Waals surface area contributed by atoms with Crippen LogP contribution < -0.4 is 9.62 Å². The smallest absolute Gasteiger partial charge is 0.244 e. The molecule has 0 aliphatic heterocycles. The van der Waals surface area contributed by atoms with Crippen molar-refractivity contribution >= 4 is 27.5 Å². The van der Waals surface area contributed by atoms with Gasteiger partial charge in [0.05, 0.1) is 11.9 Å². The van der Waals surface area contributed by atoms with Crippen molar-refractivity contribution < 1.29 is 22.4 Å². The number of benzene rings is 3. The molecular weight excluding hydrogens is 493 g/mol. The Kier molecular flexibility index (Phi) is 9.79. The monoisotopic (exact) mass is 525 g/mol. The first-order valence-corrected chi connectivity index (χ1v) is 13.9. The zero-order valence-corrected chi connectivity index (χ0v) is 21.8. The number of rotatable bonds is 12. The SMILES string of the molecule is CCCNC(=O)[C@@H](Cc1ccccc1)N(Cc1ccc(F)cc1)C(=O)CN(c1ccccc1)S(C)(=O)=O. The van der Waals surface area contributed by atoms with Gasteiger partial charge >= 0.3 is 0 Å². The van der Waals surface area contributed by atoms with E-state index in [-0.39, 0.29) is 18.9 Å². The number of hydrogen-bond acceptors (Lipinski definition) is 4. The van der Waals surface area contributed by atoms with Crippen molar-refractivity contribution in [2.24, 2.45) is 0 Å². The fourth-order valence-electron chi connectivity index (χ4n) is 3.91. The molecule has 9 heteroatoms. The molecule has 196 valence electrons. The van der Waals surface area contributed by atoms with E-state index in [0.717, 1.165) is 16.1 Å². The number of nitrogens with zero attached hydrogens (tertiary/aromatic N) is 2. The van der Waals surface area contributed by atoms with Crippen LogP contribution in [0.4, 0.5) is 10.1 Å². The zero-order valence-electron chi connectivity index (χ0n) is 21.0. The minimum atomic E-state index is -3.81. The molecular formula is C28H32FN3O4S. The molecule has 3 rings (SSSR count). The van der Waals surface area contributed by atoms with Crippen molar-refractivity contribution in [2.75, 3.05) is 23.7 Å². The van der Waals surface area contributed by atoms with Crippen LogP contribution in [0.15, 0.2) is 84.9 Å². The van der Waals surface area contributed by atoms with Crippen LogP contribution in [0, 0.1) is 5.82 Å². The number of nitrogens with one attached hydrogen (secondary N) is 1. The third kappa shape index (κ3) is 8.15. The summed E-state index contributed by atoms with van der Waals surface area (Å²) in [7, 11) is -3.81. The first kappa shape index (κ1) is 27.9. The van der Waals surface area contributed by atoms with Gasteiger partial charge in [0.1, 0.15) is 18.4 Å². The van der Waals surface area contributed by atoms with Crippen LogP contribution in [0.2, 0.25) is 0 Å². The summed E-state index contributed by atoms with van der Waals surface area (Å²) < 4.78 is 39.9. The van der Waals surface area contributed by atoms with Crippen LogP contribution in [-0.2, 0) is 32.6 Å². The highest BCUT2D eigenvalue weighted by atomic mass is 32.2. The molecule has 2 amide bonds. The molecule has 3 aromatic carbocycles. The maximum atomic E-state index is 13.8. The van der Waals surface area contributed by atoms with E-state index in [1.807, 2.05) is 37.3 Å². The fourth-order valence-corrected chi connectivity index (χ4v) is 4.76. The molecule has 0 aliphatic carbocycles. The Balaban J connectivity index is 2.01. The van der Waals surface area contributed by atoms with Gasteiger partial charge in [-0.15, -0.1) is 0 Å². The Morgan fingerprint density at radius 3 is 2.05 bits per heavy atom. The molecule has 0 aliphatic rings. The van der Waals surface area contributed by atoms with Crippen molar-refractivity contribution in [1.82, 2.24) is 10.2 Å². The van der Waals surface area contributed by atoms with Gasteiger partial charge in [-0.05, 0) is 41.8 Å². The van der Waals surface area contributed by atoms with E-state index in [1.54, 1.807) is 42.5 Å². The molecule has 1 atom stereocenters. The number of carbonyl (C=O) groups excluding carboxylic acids is 2. The average molecular weight is 526 g/mol. The number of para-hydroxylation sites is 1. The fraction of sp³-hybridized carbons (Fsp3) is 0.286. The van der Waals surface area contributed by atoms with Gasteiger partial charge < -0.3 is 10.2 Å². The molecule has 3 aromatic rings. The van der Waals surface area contributed by atoms with Crippen LogP contribution >= 0.6 is 0 Å². The minimum absolute atomic E-state index is 0.00253. The summed E-state index contributed by atoms with van der Waals surface area (Å²) in [4.78, 5) is 28.6. The number of hydrogen-bond donors (Lipinski definition) is 1. The average Bonchev–Trinajstić information content (AvgIpc) is 2.89. The first-order chi connectivity index (χ1) is 17.7. The highest BCUT2D eigenvalue weighted by Gasteiger charge is 2.32. The lowest BCUT2D eigenvalue weighted by molar-refractivity contribution is -0.140. The van der Waals surface area contributed by atoms with Crippen molar-refractivity contribution in [3.8, 4) is 0 Å². The highest BCUT2D eigenvalue weighted by molar-refractivity contribution is 7.92. The van der Waals surface area contributed by atoms with Gasteiger partial charge in [0.15, 0.2) is 0 Å². The van der Waals surface area contributed by atoms with Crippen molar-refractivity contribution in [2.45, 2.75) is 32.4 Å². The van der Waals surface area contributed by atoms with E-state index < -0.39 is 34.3 Å². The second kappa shape index (κ2) is 13.0. The lowest BCUT2D eigenvalue weighted by atomic mass is 10.0. The third-order valence-corrected chi connectivity index (χ3v) is 6.95. The summed E-state index contributed by atoms with van der Waals surface area (Å²) >= 11 is 0. The second-order valence-electron chi connectivity index (χ2n) is 8.75. The van der Waals surface area contributed by atoms with E-state index in [4.69, 9.17) is 0 Å². The highest BCUT2D eigenvalue weighted by Crippen LogP contribution is 2.20. The number of carbonyl (C=O) groups is 2. The molecule has 0 spiro atoms. The van der Waals surface area contributed by atoms with Gasteiger partial charge in [0.2, 0.25) is 21.8 Å². The van der Waals surface area contributed by atoms with Gasteiger partial charge in [-0.25, -0.2) is 12.8 Å². The van der Waals surface area contributed by atoms with Crippen molar-refractivity contribution in [3.05, 3.63) is 102 Å². The molecule has 0 unspecified atom stereocenters. The zero-order chi connectivity index (χ0) is 26.8. The summed E-state index contributed by atoms with van der Waals surface area (Å²) in [6.07, 6.45) is 1.98. The van der Waals surface area contributed by atoms with Gasteiger partial charge in [0, 0.05) is 19.5 Å². The summed E-state index contributed by atoms with van der Waals surface area (Å²) in [6.45, 7) is 1.87. The maximum absolute atomic E-state index is 13.8. The molecule has 7 nitrogen and oxygen atoms in total. The first-order valence-electron chi connectivity index (χ1n) is 12.1. The summed E-state index contributed by atoms with van der Waals surface area (Å²) in [5, 5.41) is 2.87. The maximum Gasteiger partial charge on any atom is 0.244 e. The topological polar surface area (TPSA) is 86.8 Å². The molecule has 1 N–H and O–H groups in total. The van der Waals surface area contributed by atoms with E-state index in [2.05, 4.69) is 5.32 Å². The van der Waals surface area contributed by atoms with Crippen LogP contribution in [0.3, 0.4) is 0 Å². The lowest BCUT2D eigenvalue weighted by Crippen LogP contribution is -2.53. The van der Waals surface area contributed by atoms with Gasteiger partial charge in [-0.3, -0.25) is 13.9 Å². The molecule has 0 fully saturated rings. The van der Waals surface area contributed by atoms with Crippen LogP contribution in [-0.4, -0.2) is 50.5 Å². The Hall–Kier alpha value is -3.72. The molecule has 0 saturated heterocycles. The second-order valence-corrected chi connectivity index (χ2v) is 10.7. The lowest BCUT2D eigenvalue weighted by Gasteiger charge is -2.33. The Bertz CT molecular complexity index is 1270. The van der Waals surface area contributed by atoms with E-state index in [0.29, 0.717) is 24.2 Å². The van der Waals surface area contributed by atoms with E-state index in [9.17, 15) is 22.4 Å². The summed E-state index contributed by atoms with van der Waals surface area (Å²) in [5.74, 6) is -1.31. The Morgan fingerprint density at radius 1 is 0.892 bits per heavy atom. The van der Waals surface area contributed by atoms with Crippen LogP contribution in [0.25, 0.3) is 0 Å². The predicted molar refractivity (Wildman–Crippen MR) is 143 cm³/mol. The van der Waals surface area contributed by atoms with Crippen LogP contribution in [0.1, 0.15) is 24.5 Å². The molecule has 0 aromatic heterocycles. The molecule has 0 bridgehead atoms. The molecule has 37 heavy (non-hydrogen) atoms. The normalized spacial score (nSPS) is 12.0. The third-order valence-electron chi connectivity index (χ3n) is 5.81. The Morgan fingerprint density at radius 2 is 1.49 bits per heavy atom. The standard InChI is InChI=1S/C28H32FN3O4S/c1-3-18-30-28(34)26(19-22-10-6-4-7-11-22)31(20-23-14-16-24(29)17-15-23)27(33)21-32(37(2,35)36)25-12-8-5-9-13-25/h4-17,26H,3,18-21H2,1-2H3,(H,30,34)/t26-/m1/s1. The van der Waals surface area contributed by atoms with Crippen molar-refractivity contribution in [3.63, 3.8) is 0 Å². The van der Waals surface area contributed by atoms with Crippen LogP contribution in [0.5, 0.6) is 0 Å². The van der Waals surface area contributed by atoms with Gasteiger partial charge in [-0.1, -0.05) is 67.6 Å². The minimum Gasteiger partial charge on any atom is -0.354 e. The number of amides is 2. The van der Waals surface area contributed by atoms with E-state index in [1.165, 1.54) is 17.0 Å². The quantitative estimate of drug-likeness (QED) is 0.390. The summed E-state index contributed by atoms with van der Waals surface area (Å²) in [5.41, 5.74) is 1.80. The molecule has 0 heterocycles. The number of anilines is 1. The number of halogens is 1. The Labute approximate surface area is 218 Å². The molecule has 0 saturated carbocycles.